The Bertz CT molecular complexity index is 393. The largest absolute Gasteiger partial charge is 0.383 e. The van der Waals surface area contributed by atoms with Crippen molar-refractivity contribution in [3.8, 4) is 0 Å². The second-order valence-electron chi connectivity index (χ2n) is 4.34. The molecule has 0 spiro atoms. The summed E-state index contributed by atoms with van der Waals surface area (Å²) in [4.78, 5) is 0. The Morgan fingerprint density at radius 2 is 1.94 bits per heavy atom. The summed E-state index contributed by atoms with van der Waals surface area (Å²) in [5, 5.41) is 10.2. The summed E-state index contributed by atoms with van der Waals surface area (Å²) < 4.78 is 27.5. The van der Waals surface area contributed by atoms with E-state index in [1.807, 2.05) is 0 Å². The number of hydrogen-bond acceptors (Lipinski definition) is 2. The maximum absolute atomic E-state index is 13.8. The molecule has 0 aliphatic rings. The molecule has 1 aromatic rings. The minimum absolute atomic E-state index is 0.220. The fraction of sp³-hybridized carbons (Fsp3) is 0.500. The average molecular weight is 229 g/mol. The van der Waals surface area contributed by atoms with Gasteiger partial charge in [-0.15, -0.1) is 0 Å². The van der Waals surface area contributed by atoms with Gasteiger partial charge in [0, 0.05) is 6.54 Å². The lowest BCUT2D eigenvalue weighted by atomic mass is 9.82. The standard InChI is InChI=1S/C12H17F2NO/c1-7(2)12(16,6-15)10-9(13)5-4-8(3)11(10)14/h4-5,7,16H,6,15H2,1-3H3. The van der Waals surface area contributed by atoms with Crippen molar-refractivity contribution < 1.29 is 13.9 Å². The summed E-state index contributed by atoms with van der Waals surface area (Å²) in [7, 11) is 0. The van der Waals surface area contributed by atoms with Crippen LogP contribution in [0.1, 0.15) is 25.0 Å². The SMILES string of the molecule is Cc1ccc(F)c(C(O)(CN)C(C)C)c1F. The molecule has 0 saturated heterocycles. The van der Waals surface area contributed by atoms with Gasteiger partial charge in [0.2, 0.25) is 0 Å². The van der Waals surface area contributed by atoms with E-state index in [4.69, 9.17) is 5.73 Å². The van der Waals surface area contributed by atoms with Crippen LogP contribution in [0.4, 0.5) is 8.78 Å². The lowest BCUT2D eigenvalue weighted by Gasteiger charge is -2.32. The smallest absolute Gasteiger partial charge is 0.135 e. The van der Waals surface area contributed by atoms with E-state index in [-0.39, 0.29) is 18.0 Å². The zero-order valence-electron chi connectivity index (χ0n) is 9.72. The second-order valence-corrected chi connectivity index (χ2v) is 4.34. The first-order chi connectivity index (χ1) is 7.34. The highest BCUT2D eigenvalue weighted by atomic mass is 19.1. The topological polar surface area (TPSA) is 46.2 Å². The number of nitrogens with two attached hydrogens (primary N) is 1. The number of rotatable bonds is 3. The zero-order chi connectivity index (χ0) is 12.5. The molecular weight excluding hydrogens is 212 g/mol. The summed E-state index contributed by atoms with van der Waals surface area (Å²) in [5.41, 5.74) is 3.74. The van der Waals surface area contributed by atoms with E-state index in [0.29, 0.717) is 5.56 Å². The van der Waals surface area contributed by atoms with Crippen molar-refractivity contribution in [3.05, 3.63) is 34.9 Å². The van der Waals surface area contributed by atoms with Crippen LogP contribution in [0.15, 0.2) is 12.1 Å². The first kappa shape index (κ1) is 13.1. The van der Waals surface area contributed by atoms with Crippen molar-refractivity contribution in [2.75, 3.05) is 6.54 Å². The van der Waals surface area contributed by atoms with Crippen LogP contribution in [-0.2, 0) is 5.60 Å². The molecule has 1 atom stereocenters. The highest BCUT2D eigenvalue weighted by Gasteiger charge is 2.37. The van der Waals surface area contributed by atoms with Crippen LogP contribution in [0.5, 0.6) is 0 Å². The summed E-state index contributed by atoms with van der Waals surface area (Å²) in [5.74, 6) is -1.85. The average Bonchev–Trinajstić information content (AvgIpc) is 2.23. The predicted molar refractivity (Wildman–Crippen MR) is 58.9 cm³/mol. The van der Waals surface area contributed by atoms with Crippen molar-refractivity contribution in [2.24, 2.45) is 11.7 Å². The van der Waals surface area contributed by atoms with E-state index in [0.717, 1.165) is 6.07 Å². The number of benzene rings is 1. The highest BCUT2D eigenvalue weighted by molar-refractivity contribution is 5.32. The van der Waals surface area contributed by atoms with Crippen LogP contribution in [0.25, 0.3) is 0 Å². The predicted octanol–water partition coefficient (Wildman–Crippen LogP) is 2.08. The number of halogens is 2. The maximum atomic E-state index is 13.8. The second kappa shape index (κ2) is 4.47. The minimum atomic E-state index is -1.67. The molecule has 0 aliphatic carbocycles. The van der Waals surface area contributed by atoms with Gasteiger partial charge in [0.15, 0.2) is 0 Å². The zero-order valence-corrected chi connectivity index (χ0v) is 9.72. The van der Waals surface area contributed by atoms with Gasteiger partial charge in [-0.3, -0.25) is 0 Å². The van der Waals surface area contributed by atoms with E-state index in [2.05, 4.69) is 0 Å². The lowest BCUT2D eigenvalue weighted by molar-refractivity contribution is -0.00779. The Labute approximate surface area is 94.1 Å². The molecular formula is C12H17F2NO. The molecule has 0 fully saturated rings. The number of aliphatic hydroxyl groups is 1. The summed E-state index contributed by atoms with van der Waals surface area (Å²) in [6, 6.07) is 2.49. The van der Waals surface area contributed by atoms with E-state index in [1.54, 1.807) is 13.8 Å². The third-order valence-electron chi connectivity index (χ3n) is 2.98. The van der Waals surface area contributed by atoms with Crippen LogP contribution in [0, 0.1) is 24.5 Å². The Morgan fingerprint density at radius 1 is 1.38 bits per heavy atom. The third kappa shape index (κ3) is 1.95. The van der Waals surface area contributed by atoms with Gasteiger partial charge in [0.25, 0.3) is 0 Å². The van der Waals surface area contributed by atoms with Gasteiger partial charge in [-0.25, -0.2) is 8.78 Å². The summed E-state index contributed by atoms with van der Waals surface area (Å²) in [6.07, 6.45) is 0. The van der Waals surface area contributed by atoms with E-state index < -0.39 is 17.2 Å². The molecule has 1 unspecified atom stereocenters. The van der Waals surface area contributed by atoms with E-state index in [9.17, 15) is 13.9 Å². The Balaban J connectivity index is 3.47. The fourth-order valence-electron chi connectivity index (χ4n) is 1.68. The van der Waals surface area contributed by atoms with Crippen molar-refractivity contribution >= 4 is 0 Å². The first-order valence-corrected chi connectivity index (χ1v) is 5.22. The fourth-order valence-corrected chi connectivity index (χ4v) is 1.68. The van der Waals surface area contributed by atoms with Crippen molar-refractivity contribution in [1.82, 2.24) is 0 Å². The van der Waals surface area contributed by atoms with Gasteiger partial charge < -0.3 is 10.8 Å². The molecule has 0 radical (unpaired) electrons. The lowest BCUT2D eigenvalue weighted by Crippen LogP contribution is -2.41. The molecule has 1 rings (SSSR count). The quantitative estimate of drug-likeness (QED) is 0.833. The molecule has 4 heteroatoms. The molecule has 0 heterocycles. The van der Waals surface area contributed by atoms with Gasteiger partial charge >= 0.3 is 0 Å². The van der Waals surface area contributed by atoms with Gasteiger partial charge in [0.05, 0.1) is 5.56 Å². The molecule has 0 saturated carbocycles. The van der Waals surface area contributed by atoms with Crippen LogP contribution < -0.4 is 5.73 Å². The number of hydrogen-bond donors (Lipinski definition) is 2. The van der Waals surface area contributed by atoms with E-state index >= 15 is 0 Å². The molecule has 2 nitrogen and oxygen atoms in total. The van der Waals surface area contributed by atoms with Gasteiger partial charge in [-0.05, 0) is 24.5 Å². The van der Waals surface area contributed by atoms with Gasteiger partial charge in [-0.2, -0.15) is 0 Å². The van der Waals surface area contributed by atoms with Gasteiger partial charge in [-0.1, -0.05) is 19.9 Å². The third-order valence-corrected chi connectivity index (χ3v) is 2.98. The van der Waals surface area contributed by atoms with E-state index in [1.165, 1.54) is 13.0 Å². The maximum Gasteiger partial charge on any atom is 0.135 e. The Morgan fingerprint density at radius 3 is 2.38 bits per heavy atom. The molecule has 16 heavy (non-hydrogen) atoms. The highest BCUT2D eigenvalue weighted by Crippen LogP contribution is 2.33. The van der Waals surface area contributed by atoms with Crippen LogP contribution in [-0.4, -0.2) is 11.7 Å². The molecule has 0 aliphatic heterocycles. The minimum Gasteiger partial charge on any atom is -0.383 e. The van der Waals surface area contributed by atoms with Gasteiger partial charge in [0.1, 0.15) is 17.2 Å². The summed E-state index contributed by atoms with van der Waals surface area (Å²) >= 11 is 0. The summed E-state index contributed by atoms with van der Waals surface area (Å²) in [6.45, 7) is 4.65. The number of aryl methyl sites for hydroxylation is 1. The normalized spacial score (nSPS) is 15.2. The Hall–Kier alpha value is -1.00. The van der Waals surface area contributed by atoms with Crippen LogP contribution in [0.3, 0.4) is 0 Å². The molecule has 0 bridgehead atoms. The monoisotopic (exact) mass is 229 g/mol. The molecule has 90 valence electrons. The molecule has 1 aromatic carbocycles. The van der Waals surface area contributed by atoms with Crippen molar-refractivity contribution in [1.29, 1.82) is 0 Å². The molecule has 0 aromatic heterocycles. The van der Waals surface area contributed by atoms with Crippen molar-refractivity contribution in [3.63, 3.8) is 0 Å². The van der Waals surface area contributed by atoms with Crippen LogP contribution >= 0.6 is 0 Å². The molecule has 3 N–H and O–H groups in total. The van der Waals surface area contributed by atoms with Crippen molar-refractivity contribution in [2.45, 2.75) is 26.4 Å². The Kier molecular flexibility index (Phi) is 3.65. The van der Waals surface area contributed by atoms with Crippen LogP contribution in [0.2, 0.25) is 0 Å². The molecule has 0 amide bonds. The first-order valence-electron chi connectivity index (χ1n) is 5.22.